The van der Waals surface area contributed by atoms with Gasteiger partial charge < -0.3 is 9.30 Å². The van der Waals surface area contributed by atoms with E-state index >= 15 is 0 Å². The van der Waals surface area contributed by atoms with Crippen molar-refractivity contribution in [3.63, 3.8) is 0 Å². The Hall–Kier alpha value is -3.06. The van der Waals surface area contributed by atoms with Crippen LogP contribution in [0.1, 0.15) is 21.5 Å². The molecule has 0 saturated heterocycles. The molecule has 22 heavy (non-hydrogen) atoms. The smallest absolute Gasteiger partial charge is 0.340 e. The van der Waals surface area contributed by atoms with Gasteiger partial charge in [-0.25, -0.2) is 4.79 Å². The van der Waals surface area contributed by atoms with Crippen LogP contribution in [-0.4, -0.2) is 17.6 Å². The van der Waals surface area contributed by atoms with Crippen molar-refractivity contribution < 1.29 is 9.53 Å². The lowest BCUT2D eigenvalue weighted by Gasteiger charge is -2.05. The maximum atomic E-state index is 12.0. The van der Waals surface area contributed by atoms with E-state index in [1.54, 1.807) is 12.3 Å². The summed E-state index contributed by atoms with van der Waals surface area (Å²) >= 11 is 0. The van der Waals surface area contributed by atoms with Gasteiger partial charge in [0.2, 0.25) is 0 Å². The van der Waals surface area contributed by atoms with Gasteiger partial charge >= 0.3 is 5.97 Å². The molecule has 0 N–H and O–H groups in total. The number of rotatable bonds is 3. The minimum Gasteiger partial charge on any atom is -0.465 e. The van der Waals surface area contributed by atoms with Crippen molar-refractivity contribution in [2.45, 2.75) is 6.54 Å². The maximum Gasteiger partial charge on any atom is 0.340 e. The van der Waals surface area contributed by atoms with Crippen LogP contribution in [0.4, 0.5) is 0 Å². The molecular formula is C18H14N2O2. The van der Waals surface area contributed by atoms with Gasteiger partial charge in [0.05, 0.1) is 29.8 Å². The topological polar surface area (TPSA) is 55.0 Å². The highest BCUT2D eigenvalue weighted by Gasteiger charge is 2.18. The highest BCUT2D eigenvalue weighted by molar-refractivity contribution is 6.06. The summed E-state index contributed by atoms with van der Waals surface area (Å²) in [5.74, 6) is -0.431. The Balaban J connectivity index is 2.20. The van der Waals surface area contributed by atoms with Crippen LogP contribution in [0.3, 0.4) is 0 Å². The van der Waals surface area contributed by atoms with Crippen LogP contribution in [0, 0.1) is 11.3 Å². The Kier molecular flexibility index (Phi) is 3.63. The van der Waals surface area contributed by atoms with Gasteiger partial charge in [-0.1, -0.05) is 36.4 Å². The molecule has 2 aromatic carbocycles. The molecule has 4 nitrogen and oxygen atoms in total. The van der Waals surface area contributed by atoms with Crippen molar-refractivity contribution in [2.24, 2.45) is 0 Å². The zero-order valence-electron chi connectivity index (χ0n) is 12.1. The molecule has 1 aromatic heterocycles. The number of fused-ring (bicyclic) bond motifs is 1. The standard InChI is InChI=1S/C18H14N2O2/c1-22-18(21)15-12-20(11-13-6-3-2-4-7-13)16-9-5-8-14(10-19)17(15)16/h2-9,12H,11H2,1H3. The lowest BCUT2D eigenvalue weighted by atomic mass is 10.1. The van der Waals surface area contributed by atoms with E-state index in [4.69, 9.17) is 4.74 Å². The average Bonchev–Trinajstić information content (AvgIpc) is 2.94. The zero-order chi connectivity index (χ0) is 15.5. The number of hydrogen-bond donors (Lipinski definition) is 0. The summed E-state index contributed by atoms with van der Waals surface area (Å²) in [6.07, 6.45) is 1.75. The highest BCUT2D eigenvalue weighted by Crippen LogP contribution is 2.26. The number of hydrogen-bond acceptors (Lipinski definition) is 3. The molecule has 0 fully saturated rings. The van der Waals surface area contributed by atoms with Gasteiger partial charge in [-0.2, -0.15) is 5.26 Å². The van der Waals surface area contributed by atoms with E-state index in [1.165, 1.54) is 7.11 Å². The normalized spacial score (nSPS) is 10.4. The zero-order valence-corrected chi connectivity index (χ0v) is 12.1. The van der Waals surface area contributed by atoms with Crippen molar-refractivity contribution in [1.82, 2.24) is 4.57 Å². The summed E-state index contributed by atoms with van der Waals surface area (Å²) in [5.41, 5.74) is 2.87. The monoisotopic (exact) mass is 290 g/mol. The molecule has 108 valence electrons. The van der Waals surface area contributed by atoms with Gasteiger partial charge in [0.25, 0.3) is 0 Å². The third kappa shape index (κ3) is 2.33. The molecule has 0 amide bonds. The number of carbonyl (C=O) groups is 1. The third-order valence-electron chi connectivity index (χ3n) is 3.63. The molecule has 0 aliphatic heterocycles. The Bertz CT molecular complexity index is 873. The second-order valence-electron chi connectivity index (χ2n) is 4.96. The largest absolute Gasteiger partial charge is 0.465 e. The summed E-state index contributed by atoms with van der Waals surface area (Å²) in [6, 6.07) is 17.6. The van der Waals surface area contributed by atoms with Crippen molar-refractivity contribution in [3.05, 3.63) is 71.4 Å². The number of carbonyl (C=O) groups excluding carboxylic acids is 1. The van der Waals surface area contributed by atoms with Gasteiger partial charge in [-0.15, -0.1) is 0 Å². The van der Waals surface area contributed by atoms with Crippen LogP contribution in [0.2, 0.25) is 0 Å². The van der Waals surface area contributed by atoms with E-state index in [-0.39, 0.29) is 0 Å². The fourth-order valence-electron chi connectivity index (χ4n) is 2.62. The molecule has 4 heteroatoms. The van der Waals surface area contributed by atoms with Gasteiger partial charge in [-0.3, -0.25) is 0 Å². The van der Waals surface area contributed by atoms with E-state index in [1.807, 2.05) is 47.0 Å². The van der Waals surface area contributed by atoms with Gasteiger partial charge in [0, 0.05) is 18.1 Å². The molecule has 0 bridgehead atoms. The van der Waals surface area contributed by atoms with E-state index in [0.29, 0.717) is 23.1 Å². The highest BCUT2D eigenvalue weighted by atomic mass is 16.5. The molecule has 0 spiro atoms. The lowest BCUT2D eigenvalue weighted by Crippen LogP contribution is -2.01. The van der Waals surface area contributed by atoms with Crippen LogP contribution in [0.5, 0.6) is 0 Å². The van der Waals surface area contributed by atoms with Crippen molar-refractivity contribution in [1.29, 1.82) is 5.26 Å². The van der Waals surface area contributed by atoms with E-state index in [2.05, 4.69) is 6.07 Å². The first-order valence-corrected chi connectivity index (χ1v) is 6.89. The number of esters is 1. The number of methoxy groups -OCH3 is 1. The molecule has 0 saturated carbocycles. The molecule has 0 radical (unpaired) electrons. The van der Waals surface area contributed by atoms with Crippen molar-refractivity contribution >= 4 is 16.9 Å². The van der Waals surface area contributed by atoms with Crippen LogP contribution >= 0.6 is 0 Å². The maximum absolute atomic E-state index is 12.0. The fourth-order valence-corrected chi connectivity index (χ4v) is 2.62. The molecule has 3 aromatic rings. The number of nitriles is 1. The second kappa shape index (κ2) is 5.74. The summed E-state index contributed by atoms with van der Waals surface area (Å²) in [6.45, 7) is 0.628. The van der Waals surface area contributed by atoms with Crippen LogP contribution in [-0.2, 0) is 11.3 Å². The van der Waals surface area contributed by atoms with Crippen molar-refractivity contribution in [3.8, 4) is 6.07 Å². The van der Waals surface area contributed by atoms with Gasteiger partial charge in [0.1, 0.15) is 0 Å². The Morgan fingerprint density at radius 2 is 1.95 bits per heavy atom. The summed E-state index contributed by atoms with van der Waals surface area (Å²) in [4.78, 5) is 12.0. The predicted octanol–water partition coefficient (Wildman–Crippen LogP) is 3.35. The Labute approximate surface area is 128 Å². The number of aromatic nitrogens is 1. The summed E-state index contributed by atoms with van der Waals surface area (Å²) < 4.78 is 6.82. The van der Waals surface area contributed by atoms with Gasteiger partial charge in [0.15, 0.2) is 0 Å². The van der Waals surface area contributed by atoms with Crippen molar-refractivity contribution in [2.75, 3.05) is 7.11 Å². The SMILES string of the molecule is COC(=O)c1cn(Cc2ccccc2)c2cccc(C#N)c12. The Morgan fingerprint density at radius 3 is 2.64 bits per heavy atom. The number of nitrogens with zero attached hydrogens (tertiary/aromatic N) is 2. The molecule has 1 heterocycles. The first-order valence-electron chi connectivity index (χ1n) is 6.89. The summed E-state index contributed by atoms with van der Waals surface area (Å²) in [7, 11) is 1.34. The molecule has 0 unspecified atom stereocenters. The fraction of sp³-hybridized carbons (Fsp3) is 0.111. The molecule has 0 aliphatic carbocycles. The lowest BCUT2D eigenvalue weighted by molar-refractivity contribution is 0.0602. The Morgan fingerprint density at radius 1 is 1.18 bits per heavy atom. The van der Waals surface area contributed by atoms with E-state index < -0.39 is 5.97 Å². The van der Waals surface area contributed by atoms with Crippen LogP contribution in [0.15, 0.2) is 54.7 Å². The third-order valence-corrected chi connectivity index (χ3v) is 3.63. The minimum atomic E-state index is -0.431. The molecular weight excluding hydrogens is 276 g/mol. The predicted molar refractivity (Wildman–Crippen MR) is 83.5 cm³/mol. The van der Waals surface area contributed by atoms with E-state index in [9.17, 15) is 10.1 Å². The minimum absolute atomic E-state index is 0.422. The van der Waals surface area contributed by atoms with E-state index in [0.717, 1.165) is 11.1 Å². The number of ether oxygens (including phenoxy) is 1. The van der Waals surface area contributed by atoms with Crippen LogP contribution < -0.4 is 0 Å². The molecule has 0 atom stereocenters. The molecule has 3 rings (SSSR count). The second-order valence-corrected chi connectivity index (χ2v) is 4.96. The average molecular weight is 290 g/mol. The molecule has 0 aliphatic rings. The first kappa shape index (κ1) is 13.9. The first-order chi connectivity index (χ1) is 10.7. The van der Waals surface area contributed by atoms with Crippen LogP contribution in [0.25, 0.3) is 10.9 Å². The summed E-state index contributed by atoms with van der Waals surface area (Å²) in [5, 5.41) is 9.95. The quantitative estimate of drug-likeness (QED) is 0.695. The van der Waals surface area contributed by atoms with Gasteiger partial charge in [-0.05, 0) is 17.7 Å². The number of benzene rings is 2.